The Morgan fingerprint density at radius 3 is 2.17 bits per heavy atom. The van der Waals surface area contributed by atoms with Gasteiger partial charge in [-0.3, -0.25) is 19.4 Å². The van der Waals surface area contributed by atoms with Crippen molar-refractivity contribution in [3.8, 4) is 11.4 Å². The predicted octanol–water partition coefficient (Wildman–Crippen LogP) is 5.71. The van der Waals surface area contributed by atoms with E-state index in [2.05, 4.69) is 4.57 Å². The van der Waals surface area contributed by atoms with Crippen LogP contribution in [0.1, 0.15) is 30.8 Å². The van der Waals surface area contributed by atoms with Crippen LogP contribution in [0.25, 0.3) is 11.8 Å². The zero-order valence-electron chi connectivity index (χ0n) is 20.0. The summed E-state index contributed by atoms with van der Waals surface area (Å²) in [6, 6.07) is 16.6. The van der Waals surface area contributed by atoms with Crippen molar-refractivity contribution < 1.29 is 14.3 Å². The molecule has 0 atom stereocenters. The maximum absolute atomic E-state index is 13.5. The van der Waals surface area contributed by atoms with E-state index in [-0.39, 0.29) is 10.7 Å². The fourth-order valence-electron chi connectivity index (χ4n) is 4.22. The number of thiocarbonyl (C=S) groups is 1. The fourth-order valence-corrected chi connectivity index (χ4v) is 4.74. The lowest BCUT2D eigenvalue weighted by atomic mass is 10.1. The van der Waals surface area contributed by atoms with Crippen molar-refractivity contribution in [2.24, 2.45) is 0 Å². The Morgan fingerprint density at radius 2 is 1.57 bits per heavy atom. The largest absolute Gasteiger partial charge is 0.494 e. The average molecular weight is 508 g/mol. The van der Waals surface area contributed by atoms with Crippen molar-refractivity contribution in [2.75, 3.05) is 18.1 Å². The van der Waals surface area contributed by atoms with Crippen LogP contribution in [0.5, 0.6) is 5.75 Å². The number of benzene rings is 2. The lowest BCUT2D eigenvalue weighted by Gasteiger charge is -2.36. The molecular formula is C27H26ClN3O3S. The molecule has 6 nitrogen and oxygen atoms in total. The van der Waals surface area contributed by atoms with Crippen molar-refractivity contribution in [3.63, 3.8) is 0 Å². The standard InChI is InChI=1S/C27H26ClN3O3S/c1-5-29-25(32)24(26(33)31(27(29)35)22-9-7-20(28)8-10-22)16-19-15-17(3)30(18(19)4)21-11-13-23(14-12-21)34-6-2/h7-16H,5-6H2,1-4H3/b24-16+. The molecule has 3 aromatic rings. The van der Waals surface area contributed by atoms with E-state index >= 15 is 0 Å². The summed E-state index contributed by atoms with van der Waals surface area (Å²) in [6.07, 6.45) is 1.66. The van der Waals surface area contributed by atoms with Crippen molar-refractivity contribution in [3.05, 3.63) is 82.1 Å². The zero-order valence-corrected chi connectivity index (χ0v) is 21.6. The molecule has 1 aliphatic heterocycles. The Bertz CT molecular complexity index is 1330. The van der Waals surface area contributed by atoms with E-state index in [0.717, 1.165) is 28.4 Å². The summed E-state index contributed by atoms with van der Waals surface area (Å²) in [6.45, 7) is 8.68. The first-order valence-electron chi connectivity index (χ1n) is 11.4. The summed E-state index contributed by atoms with van der Waals surface area (Å²) < 4.78 is 7.63. The number of carbonyl (C=O) groups is 2. The van der Waals surface area contributed by atoms with Gasteiger partial charge < -0.3 is 9.30 Å². The van der Waals surface area contributed by atoms with Crippen LogP contribution < -0.4 is 9.64 Å². The number of aromatic nitrogens is 1. The third-order valence-corrected chi connectivity index (χ3v) is 6.56. The molecule has 35 heavy (non-hydrogen) atoms. The minimum absolute atomic E-state index is 0.0577. The molecular weight excluding hydrogens is 482 g/mol. The molecule has 2 amide bonds. The summed E-state index contributed by atoms with van der Waals surface area (Å²) in [5, 5.41) is 0.701. The lowest BCUT2D eigenvalue weighted by Crippen LogP contribution is -2.56. The molecule has 1 aromatic heterocycles. The summed E-state index contributed by atoms with van der Waals surface area (Å²) in [7, 11) is 0. The van der Waals surface area contributed by atoms with E-state index < -0.39 is 11.8 Å². The first kappa shape index (κ1) is 24.7. The van der Waals surface area contributed by atoms with Gasteiger partial charge in [0.1, 0.15) is 11.3 Å². The highest BCUT2D eigenvalue weighted by molar-refractivity contribution is 7.80. The van der Waals surface area contributed by atoms with Crippen LogP contribution in [-0.4, -0.2) is 39.5 Å². The molecule has 0 N–H and O–H groups in total. The van der Waals surface area contributed by atoms with Crippen LogP contribution in [0.4, 0.5) is 5.69 Å². The number of aryl methyl sites for hydroxylation is 1. The van der Waals surface area contributed by atoms with Crippen molar-refractivity contribution >= 4 is 52.5 Å². The van der Waals surface area contributed by atoms with Crippen LogP contribution in [0.2, 0.25) is 5.02 Å². The van der Waals surface area contributed by atoms with Gasteiger partial charge in [0.05, 0.1) is 12.3 Å². The van der Waals surface area contributed by atoms with E-state index in [4.69, 9.17) is 28.6 Å². The second kappa shape index (κ2) is 10.1. The van der Waals surface area contributed by atoms with E-state index in [9.17, 15) is 9.59 Å². The molecule has 0 spiro atoms. The van der Waals surface area contributed by atoms with Gasteiger partial charge >= 0.3 is 0 Å². The molecule has 8 heteroatoms. The Balaban J connectivity index is 1.76. The zero-order chi connectivity index (χ0) is 25.3. The smallest absolute Gasteiger partial charge is 0.270 e. The topological polar surface area (TPSA) is 54.8 Å². The first-order chi connectivity index (χ1) is 16.8. The molecule has 180 valence electrons. The molecule has 0 radical (unpaired) electrons. The number of ether oxygens (including phenoxy) is 1. The summed E-state index contributed by atoms with van der Waals surface area (Å²) >= 11 is 11.5. The van der Waals surface area contributed by atoms with Crippen LogP contribution in [0.3, 0.4) is 0 Å². The highest BCUT2D eigenvalue weighted by Gasteiger charge is 2.39. The number of nitrogens with zero attached hydrogens (tertiary/aromatic N) is 3. The van der Waals surface area contributed by atoms with Gasteiger partial charge in [-0.15, -0.1) is 0 Å². The van der Waals surface area contributed by atoms with E-state index in [1.165, 1.54) is 9.80 Å². The molecule has 1 fully saturated rings. The summed E-state index contributed by atoms with van der Waals surface area (Å²) in [4.78, 5) is 29.6. The van der Waals surface area contributed by atoms with Crippen molar-refractivity contribution in [2.45, 2.75) is 27.7 Å². The highest BCUT2D eigenvalue weighted by atomic mass is 35.5. The molecule has 0 bridgehead atoms. The number of hydrogen-bond donors (Lipinski definition) is 0. The van der Waals surface area contributed by atoms with E-state index in [1.54, 1.807) is 30.3 Å². The first-order valence-corrected chi connectivity index (χ1v) is 12.1. The Morgan fingerprint density at radius 1 is 0.943 bits per heavy atom. The summed E-state index contributed by atoms with van der Waals surface area (Å²) in [5.41, 5.74) is 4.26. The number of halogens is 1. The van der Waals surface area contributed by atoms with Gasteiger partial charge in [-0.25, -0.2) is 0 Å². The number of likely N-dealkylation sites (N-methyl/N-ethyl adjacent to an activating group) is 1. The molecule has 2 heterocycles. The van der Waals surface area contributed by atoms with Crippen LogP contribution >= 0.6 is 23.8 Å². The lowest BCUT2D eigenvalue weighted by molar-refractivity contribution is -0.127. The Kier molecular flexibility index (Phi) is 7.10. The van der Waals surface area contributed by atoms with Gasteiger partial charge in [0, 0.05) is 28.6 Å². The average Bonchev–Trinajstić information content (AvgIpc) is 3.11. The van der Waals surface area contributed by atoms with Crippen LogP contribution in [0.15, 0.2) is 60.2 Å². The molecule has 0 unspecified atom stereocenters. The molecule has 1 aliphatic rings. The second-order valence-corrected chi connectivity index (χ2v) is 8.90. The second-order valence-electron chi connectivity index (χ2n) is 8.10. The quantitative estimate of drug-likeness (QED) is 0.243. The number of anilines is 1. The van der Waals surface area contributed by atoms with E-state index in [0.29, 0.717) is 23.9 Å². The number of rotatable bonds is 6. The molecule has 4 rings (SSSR count). The van der Waals surface area contributed by atoms with Gasteiger partial charge in [-0.1, -0.05) is 11.6 Å². The number of amides is 2. The normalized spacial score (nSPS) is 15.3. The number of hydrogen-bond acceptors (Lipinski definition) is 4. The SMILES string of the molecule is CCOc1ccc(-n2c(C)cc(/C=C3\C(=O)N(CC)C(=S)N(c4ccc(Cl)cc4)C3=O)c2C)cc1. The molecule has 2 aromatic carbocycles. The van der Waals surface area contributed by atoms with Gasteiger partial charge in [-0.2, -0.15) is 0 Å². The maximum atomic E-state index is 13.5. The third kappa shape index (κ3) is 4.61. The van der Waals surface area contributed by atoms with Gasteiger partial charge in [-0.05, 0) is 106 Å². The van der Waals surface area contributed by atoms with E-state index in [1.807, 2.05) is 58.0 Å². The van der Waals surface area contributed by atoms with Crippen molar-refractivity contribution in [1.82, 2.24) is 9.47 Å². The fraction of sp³-hybridized carbons (Fsp3) is 0.222. The van der Waals surface area contributed by atoms with Gasteiger partial charge in [0.25, 0.3) is 11.8 Å². The van der Waals surface area contributed by atoms with Gasteiger partial charge in [0.2, 0.25) is 0 Å². The third-order valence-electron chi connectivity index (χ3n) is 5.91. The summed E-state index contributed by atoms with van der Waals surface area (Å²) in [5.74, 6) is -0.0613. The van der Waals surface area contributed by atoms with Gasteiger partial charge in [0.15, 0.2) is 5.11 Å². The Hall–Kier alpha value is -3.42. The minimum atomic E-state index is -0.460. The van der Waals surface area contributed by atoms with Crippen molar-refractivity contribution in [1.29, 1.82) is 0 Å². The predicted molar refractivity (Wildman–Crippen MR) is 143 cm³/mol. The molecule has 0 aliphatic carbocycles. The monoisotopic (exact) mass is 507 g/mol. The highest BCUT2D eigenvalue weighted by Crippen LogP contribution is 2.29. The van der Waals surface area contributed by atoms with Crippen LogP contribution in [-0.2, 0) is 9.59 Å². The molecule has 1 saturated heterocycles. The Labute approximate surface area is 215 Å². The number of carbonyl (C=O) groups excluding carboxylic acids is 2. The minimum Gasteiger partial charge on any atom is -0.494 e. The van der Waals surface area contributed by atoms with Crippen LogP contribution in [0, 0.1) is 13.8 Å². The maximum Gasteiger partial charge on any atom is 0.270 e. The molecule has 0 saturated carbocycles.